The minimum atomic E-state index is 0.530. The molecular formula is C12H19N3O. The van der Waals surface area contributed by atoms with Crippen molar-refractivity contribution in [2.24, 2.45) is 5.73 Å². The molecule has 1 fully saturated rings. The maximum absolute atomic E-state index is 5.69. The van der Waals surface area contributed by atoms with Crippen LogP contribution in [0.1, 0.15) is 18.4 Å². The van der Waals surface area contributed by atoms with Crippen molar-refractivity contribution in [1.29, 1.82) is 0 Å². The minimum absolute atomic E-state index is 0.530. The van der Waals surface area contributed by atoms with Crippen LogP contribution in [-0.2, 0) is 6.54 Å². The molecule has 0 spiro atoms. The maximum atomic E-state index is 5.69. The molecular weight excluding hydrogens is 202 g/mol. The standard InChI is InChI=1S/C12H19N3O/c1-15-6-2-3-11(15)9-16-12-7-10(8-13)4-5-14-12/h4-5,7,11H,2-3,6,8-9,13H2,1H3. The Bertz CT molecular complexity index is 343. The largest absolute Gasteiger partial charge is 0.476 e. The van der Waals surface area contributed by atoms with E-state index in [1.165, 1.54) is 19.4 Å². The average Bonchev–Trinajstić information content (AvgIpc) is 2.72. The number of hydrogen-bond donors (Lipinski definition) is 1. The van der Waals surface area contributed by atoms with Gasteiger partial charge >= 0.3 is 0 Å². The highest BCUT2D eigenvalue weighted by molar-refractivity contribution is 5.20. The Balaban J connectivity index is 1.88. The van der Waals surface area contributed by atoms with Crippen LogP contribution in [0.15, 0.2) is 18.3 Å². The van der Waals surface area contributed by atoms with Crippen molar-refractivity contribution in [3.05, 3.63) is 23.9 Å². The van der Waals surface area contributed by atoms with E-state index in [0.717, 1.165) is 12.2 Å². The van der Waals surface area contributed by atoms with E-state index in [4.69, 9.17) is 10.5 Å². The third-order valence-electron chi connectivity index (χ3n) is 3.13. The monoisotopic (exact) mass is 221 g/mol. The summed E-state index contributed by atoms with van der Waals surface area (Å²) in [5.74, 6) is 0.684. The lowest BCUT2D eigenvalue weighted by Crippen LogP contribution is -2.30. The lowest BCUT2D eigenvalue weighted by atomic mass is 10.2. The van der Waals surface area contributed by atoms with Crippen molar-refractivity contribution in [3.8, 4) is 5.88 Å². The van der Waals surface area contributed by atoms with Gasteiger partial charge < -0.3 is 15.4 Å². The first-order valence-electron chi connectivity index (χ1n) is 5.77. The number of pyridine rings is 1. The Labute approximate surface area is 96.4 Å². The second-order valence-corrected chi connectivity index (χ2v) is 4.29. The van der Waals surface area contributed by atoms with Gasteiger partial charge in [0.2, 0.25) is 5.88 Å². The van der Waals surface area contributed by atoms with E-state index in [1.807, 2.05) is 12.1 Å². The molecule has 2 heterocycles. The van der Waals surface area contributed by atoms with Crippen LogP contribution in [0.3, 0.4) is 0 Å². The summed E-state index contributed by atoms with van der Waals surface area (Å²) in [5, 5.41) is 0. The van der Waals surface area contributed by atoms with E-state index in [1.54, 1.807) is 6.20 Å². The van der Waals surface area contributed by atoms with E-state index in [-0.39, 0.29) is 0 Å². The number of nitrogens with two attached hydrogens (primary N) is 1. The van der Waals surface area contributed by atoms with E-state index in [0.29, 0.717) is 18.5 Å². The summed E-state index contributed by atoms with van der Waals surface area (Å²) in [6.07, 6.45) is 4.23. The molecule has 1 unspecified atom stereocenters. The van der Waals surface area contributed by atoms with E-state index >= 15 is 0 Å². The summed E-state index contributed by atoms with van der Waals surface area (Å²) >= 11 is 0. The van der Waals surface area contributed by atoms with E-state index in [9.17, 15) is 0 Å². The number of rotatable bonds is 4. The van der Waals surface area contributed by atoms with Crippen LogP contribution in [0.25, 0.3) is 0 Å². The molecule has 0 radical (unpaired) electrons. The van der Waals surface area contributed by atoms with E-state index < -0.39 is 0 Å². The third-order valence-corrected chi connectivity index (χ3v) is 3.13. The number of ether oxygens (including phenoxy) is 1. The molecule has 88 valence electrons. The molecule has 1 aromatic heterocycles. The number of likely N-dealkylation sites (N-methyl/N-ethyl adjacent to an activating group) is 1. The molecule has 1 atom stereocenters. The summed E-state index contributed by atoms with van der Waals surface area (Å²) in [7, 11) is 2.14. The zero-order chi connectivity index (χ0) is 11.4. The first-order chi connectivity index (χ1) is 7.79. The number of likely N-dealkylation sites (tertiary alicyclic amines) is 1. The van der Waals surface area contributed by atoms with Crippen LogP contribution in [-0.4, -0.2) is 36.1 Å². The highest BCUT2D eigenvalue weighted by Gasteiger charge is 2.21. The number of hydrogen-bond acceptors (Lipinski definition) is 4. The second kappa shape index (κ2) is 5.27. The van der Waals surface area contributed by atoms with Crippen molar-refractivity contribution < 1.29 is 4.74 Å². The van der Waals surface area contributed by atoms with Gasteiger partial charge in [0.15, 0.2) is 0 Å². The predicted octanol–water partition coefficient (Wildman–Crippen LogP) is 1.01. The van der Waals surface area contributed by atoms with Crippen LogP contribution in [0.2, 0.25) is 0 Å². The molecule has 0 bridgehead atoms. The van der Waals surface area contributed by atoms with Gasteiger partial charge in [-0.05, 0) is 38.1 Å². The van der Waals surface area contributed by atoms with E-state index in [2.05, 4.69) is 16.9 Å². The molecule has 4 nitrogen and oxygen atoms in total. The molecule has 16 heavy (non-hydrogen) atoms. The van der Waals surface area contributed by atoms with Crippen LogP contribution in [0.5, 0.6) is 5.88 Å². The Morgan fingerprint density at radius 1 is 1.62 bits per heavy atom. The quantitative estimate of drug-likeness (QED) is 0.824. The van der Waals surface area contributed by atoms with Gasteiger partial charge in [0.05, 0.1) is 0 Å². The molecule has 1 aromatic rings. The zero-order valence-corrected chi connectivity index (χ0v) is 9.72. The number of aromatic nitrogens is 1. The highest BCUT2D eigenvalue weighted by atomic mass is 16.5. The third kappa shape index (κ3) is 2.71. The SMILES string of the molecule is CN1CCCC1COc1cc(CN)ccn1. The van der Waals surface area contributed by atoms with Gasteiger partial charge in [0.25, 0.3) is 0 Å². The molecule has 2 N–H and O–H groups in total. The molecule has 1 aliphatic rings. The Morgan fingerprint density at radius 3 is 3.19 bits per heavy atom. The van der Waals surface area contributed by atoms with Crippen LogP contribution in [0, 0.1) is 0 Å². The smallest absolute Gasteiger partial charge is 0.213 e. The molecule has 2 rings (SSSR count). The van der Waals surface area contributed by atoms with Crippen LogP contribution in [0.4, 0.5) is 0 Å². The minimum Gasteiger partial charge on any atom is -0.476 e. The zero-order valence-electron chi connectivity index (χ0n) is 9.72. The van der Waals surface area contributed by atoms with Crippen molar-refractivity contribution in [3.63, 3.8) is 0 Å². The summed E-state index contributed by atoms with van der Waals surface area (Å²) in [4.78, 5) is 6.52. The Kier molecular flexibility index (Phi) is 3.74. The summed E-state index contributed by atoms with van der Waals surface area (Å²) in [6.45, 7) is 2.42. The molecule has 1 saturated heterocycles. The van der Waals surface area contributed by atoms with Gasteiger partial charge in [0.1, 0.15) is 6.61 Å². The van der Waals surface area contributed by atoms with Gasteiger partial charge in [-0.1, -0.05) is 0 Å². The average molecular weight is 221 g/mol. The van der Waals surface area contributed by atoms with Gasteiger partial charge in [-0.3, -0.25) is 0 Å². The van der Waals surface area contributed by atoms with Crippen molar-refractivity contribution in [2.75, 3.05) is 20.2 Å². The Morgan fingerprint density at radius 2 is 2.50 bits per heavy atom. The second-order valence-electron chi connectivity index (χ2n) is 4.29. The van der Waals surface area contributed by atoms with Crippen LogP contribution >= 0.6 is 0 Å². The van der Waals surface area contributed by atoms with Crippen molar-refractivity contribution in [2.45, 2.75) is 25.4 Å². The fraction of sp³-hybridized carbons (Fsp3) is 0.583. The topological polar surface area (TPSA) is 51.4 Å². The van der Waals surface area contributed by atoms with Gasteiger partial charge in [-0.25, -0.2) is 4.98 Å². The fourth-order valence-electron chi connectivity index (χ4n) is 2.03. The normalized spacial score (nSPS) is 21.2. The maximum Gasteiger partial charge on any atom is 0.213 e. The summed E-state index contributed by atoms with van der Waals surface area (Å²) in [5.41, 5.74) is 6.63. The van der Waals surface area contributed by atoms with Gasteiger partial charge in [-0.15, -0.1) is 0 Å². The van der Waals surface area contributed by atoms with Crippen molar-refractivity contribution >= 4 is 0 Å². The molecule has 4 heteroatoms. The van der Waals surface area contributed by atoms with Gasteiger partial charge in [0, 0.05) is 24.8 Å². The number of nitrogens with zero attached hydrogens (tertiary/aromatic N) is 2. The van der Waals surface area contributed by atoms with Crippen LogP contribution < -0.4 is 10.5 Å². The lowest BCUT2D eigenvalue weighted by Gasteiger charge is -2.19. The molecule has 0 aromatic carbocycles. The first-order valence-corrected chi connectivity index (χ1v) is 5.77. The van der Waals surface area contributed by atoms with Crippen molar-refractivity contribution in [1.82, 2.24) is 9.88 Å². The molecule has 0 amide bonds. The highest BCUT2D eigenvalue weighted by Crippen LogP contribution is 2.16. The molecule has 0 aliphatic carbocycles. The predicted molar refractivity (Wildman–Crippen MR) is 63.3 cm³/mol. The fourth-order valence-corrected chi connectivity index (χ4v) is 2.03. The first kappa shape index (κ1) is 11.4. The Hall–Kier alpha value is -1.13. The summed E-state index contributed by atoms with van der Waals surface area (Å²) < 4.78 is 5.69. The molecule has 1 aliphatic heterocycles. The summed E-state index contributed by atoms with van der Waals surface area (Å²) in [6, 6.07) is 4.35. The van der Waals surface area contributed by atoms with Gasteiger partial charge in [-0.2, -0.15) is 0 Å². The molecule has 0 saturated carbocycles. The lowest BCUT2D eigenvalue weighted by molar-refractivity contribution is 0.193.